The molecule has 0 aromatic heterocycles. The molecule has 0 radical (unpaired) electrons. The van der Waals surface area contributed by atoms with Crippen LogP contribution >= 0.6 is 0 Å². The molecule has 0 spiro atoms. The van der Waals surface area contributed by atoms with Gasteiger partial charge in [-0.05, 0) is 40.0 Å². The largest absolute Gasteiger partial charge is 0.444 e. The van der Waals surface area contributed by atoms with E-state index in [1.165, 1.54) is 0 Å². The molecule has 0 saturated carbocycles. The average Bonchev–Trinajstić information content (AvgIpc) is 2.20. The minimum atomic E-state index is -3.30. The van der Waals surface area contributed by atoms with E-state index < -0.39 is 21.7 Å². The molecule has 1 aliphatic rings. The maximum Gasteiger partial charge on any atom is 0.410 e. The van der Waals surface area contributed by atoms with E-state index in [0.717, 1.165) is 12.7 Å². The van der Waals surface area contributed by atoms with E-state index in [1.54, 1.807) is 4.90 Å². The lowest BCUT2D eigenvalue weighted by Crippen LogP contribution is -2.59. The zero-order valence-corrected chi connectivity index (χ0v) is 14.0. The van der Waals surface area contributed by atoms with Gasteiger partial charge in [0.2, 0.25) is 10.0 Å². The topological polar surface area (TPSA) is 75.7 Å². The van der Waals surface area contributed by atoms with Crippen LogP contribution in [-0.2, 0) is 14.8 Å². The number of rotatable bonds is 2. The van der Waals surface area contributed by atoms with Crippen LogP contribution in [0.1, 0.15) is 41.0 Å². The molecule has 20 heavy (non-hydrogen) atoms. The molecule has 1 fully saturated rings. The zero-order valence-electron chi connectivity index (χ0n) is 13.1. The molecule has 1 aliphatic heterocycles. The van der Waals surface area contributed by atoms with Gasteiger partial charge in [-0.25, -0.2) is 17.9 Å². The van der Waals surface area contributed by atoms with E-state index in [1.807, 2.05) is 34.6 Å². The molecule has 1 rings (SSSR count). The number of nitrogens with one attached hydrogen (secondary N) is 1. The third-order valence-electron chi connectivity index (χ3n) is 3.43. The number of hydrogen-bond acceptors (Lipinski definition) is 4. The van der Waals surface area contributed by atoms with E-state index in [-0.39, 0.29) is 18.0 Å². The maximum atomic E-state index is 12.2. The first-order valence-corrected chi connectivity index (χ1v) is 8.77. The normalized spacial score (nSPS) is 28.3. The van der Waals surface area contributed by atoms with Gasteiger partial charge in [-0.15, -0.1) is 0 Å². The van der Waals surface area contributed by atoms with Crippen molar-refractivity contribution in [2.45, 2.75) is 58.7 Å². The Kier molecular flexibility index (Phi) is 5.08. The zero-order chi connectivity index (χ0) is 15.7. The number of carbonyl (C=O) groups excluding carboxylic acids is 1. The number of carbonyl (C=O) groups is 1. The molecular formula is C13H26N2O4S. The third-order valence-corrected chi connectivity index (χ3v) is 4.13. The summed E-state index contributed by atoms with van der Waals surface area (Å²) in [6, 6.07) is -0.519. The van der Waals surface area contributed by atoms with Gasteiger partial charge in [0, 0.05) is 18.6 Å². The summed E-state index contributed by atoms with van der Waals surface area (Å²) in [5.74, 6) is 0.179. The Morgan fingerprint density at radius 1 is 1.30 bits per heavy atom. The number of amides is 1. The summed E-state index contributed by atoms with van der Waals surface area (Å²) < 4.78 is 30.9. The molecular weight excluding hydrogens is 280 g/mol. The molecule has 0 aliphatic carbocycles. The first-order valence-electron chi connectivity index (χ1n) is 6.87. The van der Waals surface area contributed by atoms with Crippen LogP contribution in [-0.4, -0.2) is 49.9 Å². The SMILES string of the molecule is C[C@@H]1CCN(C(=O)OC(C)(C)C)[C@H](C)[C@H]1NS(C)(=O)=O. The van der Waals surface area contributed by atoms with Crippen molar-refractivity contribution in [3.05, 3.63) is 0 Å². The Labute approximate surface area is 121 Å². The minimum absolute atomic E-state index is 0.179. The van der Waals surface area contributed by atoms with Crippen LogP contribution in [0.2, 0.25) is 0 Å². The maximum absolute atomic E-state index is 12.2. The summed E-state index contributed by atoms with van der Waals surface area (Å²) in [5.41, 5.74) is -0.556. The van der Waals surface area contributed by atoms with Crippen molar-refractivity contribution in [3.8, 4) is 0 Å². The van der Waals surface area contributed by atoms with Gasteiger partial charge in [0.15, 0.2) is 0 Å². The number of hydrogen-bond donors (Lipinski definition) is 1. The van der Waals surface area contributed by atoms with Crippen LogP contribution in [0.15, 0.2) is 0 Å². The lowest BCUT2D eigenvalue weighted by Gasteiger charge is -2.43. The van der Waals surface area contributed by atoms with Crippen LogP contribution < -0.4 is 4.72 Å². The Morgan fingerprint density at radius 2 is 1.85 bits per heavy atom. The van der Waals surface area contributed by atoms with E-state index >= 15 is 0 Å². The van der Waals surface area contributed by atoms with E-state index in [9.17, 15) is 13.2 Å². The smallest absolute Gasteiger partial charge is 0.410 e. The predicted octanol–water partition coefficient (Wildman–Crippen LogP) is 1.57. The fourth-order valence-corrected chi connectivity index (χ4v) is 3.36. The molecule has 6 nitrogen and oxygen atoms in total. The van der Waals surface area contributed by atoms with Crippen LogP contribution in [0.5, 0.6) is 0 Å². The van der Waals surface area contributed by atoms with Crippen molar-refractivity contribution in [3.63, 3.8) is 0 Å². The number of likely N-dealkylation sites (tertiary alicyclic amines) is 1. The van der Waals surface area contributed by atoms with Gasteiger partial charge in [0.05, 0.1) is 6.26 Å². The third kappa shape index (κ3) is 4.94. The van der Waals surface area contributed by atoms with Gasteiger partial charge < -0.3 is 9.64 Å². The summed E-state index contributed by atoms with van der Waals surface area (Å²) in [6.07, 6.45) is 1.49. The number of ether oxygens (including phenoxy) is 1. The van der Waals surface area contributed by atoms with Gasteiger partial charge >= 0.3 is 6.09 Å². The monoisotopic (exact) mass is 306 g/mol. The molecule has 1 saturated heterocycles. The molecule has 0 aromatic rings. The highest BCUT2D eigenvalue weighted by Crippen LogP contribution is 2.25. The summed E-state index contributed by atoms with van der Waals surface area (Å²) in [6.45, 7) is 9.87. The van der Waals surface area contributed by atoms with Crippen molar-refractivity contribution in [1.82, 2.24) is 9.62 Å². The highest BCUT2D eigenvalue weighted by molar-refractivity contribution is 7.88. The first kappa shape index (κ1) is 17.2. The van der Waals surface area contributed by atoms with E-state index in [4.69, 9.17) is 4.74 Å². The first-order chi connectivity index (χ1) is 8.91. The fraction of sp³-hybridized carbons (Fsp3) is 0.923. The summed E-state index contributed by atoms with van der Waals surface area (Å²) in [5, 5.41) is 0. The molecule has 1 N–H and O–H groups in total. The second kappa shape index (κ2) is 5.89. The molecule has 1 amide bonds. The Hall–Kier alpha value is -0.820. The minimum Gasteiger partial charge on any atom is -0.444 e. The highest BCUT2D eigenvalue weighted by atomic mass is 32.2. The molecule has 1 heterocycles. The standard InChI is InChI=1S/C13H26N2O4S/c1-9-7-8-15(12(16)19-13(3,4)5)10(2)11(9)14-20(6,17)18/h9-11,14H,7-8H2,1-6H3/t9-,10-,11+/m1/s1. The van der Waals surface area contributed by atoms with Crippen LogP contribution in [0, 0.1) is 5.92 Å². The van der Waals surface area contributed by atoms with Gasteiger partial charge in [0.1, 0.15) is 5.60 Å². The fourth-order valence-electron chi connectivity index (χ4n) is 2.44. The molecule has 0 unspecified atom stereocenters. The van der Waals surface area contributed by atoms with Crippen LogP contribution in [0.3, 0.4) is 0 Å². The van der Waals surface area contributed by atoms with Crippen molar-refractivity contribution < 1.29 is 17.9 Å². The second-order valence-corrected chi connectivity index (χ2v) is 8.38. The lowest BCUT2D eigenvalue weighted by atomic mass is 9.88. The molecule has 7 heteroatoms. The van der Waals surface area contributed by atoms with E-state index in [0.29, 0.717) is 6.54 Å². The van der Waals surface area contributed by atoms with Crippen molar-refractivity contribution in [1.29, 1.82) is 0 Å². The summed E-state index contributed by atoms with van der Waals surface area (Å²) in [7, 11) is -3.30. The predicted molar refractivity (Wildman–Crippen MR) is 78.0 cm³/mol. The number of sulfonamides is 1. The van der Waals surface area contributed by atoms with Crippen molar-refractivity contribution in [2.75, 3.05) is 12.8 Å². The van der Waals surface area contributed by atoms with Gasteiger partial charge in [-0.1, -0.05) is 6.92 Å². The Balaban J connectivity index is 2.83. The van der Waals surface area contributed by atoms with E-state index in [2.05, 4.69) is 4.72 Å². The number of piperidine rings is 1. The second-order valence-electron chi connectivity index (χ2n) is 6.60. The van der Waals surface area contributed by atoms with Crippen LogP contribution in [0.4, 0.5) is 4.79 Å². The molecule has 0 aromatic carbocycles. The molecule has 3 atom stereocenters. The van der Waals surface area contributed by atoms with Gasteiger partial charge in [0.25, 0.3) is 0 Å². The van der Waals surface area contributed by atoms with Crippen molar-refractivity contribution >= 4 is 16.1 Å². The lowest BCUT2D eigenvalue weighted by molar-refractivity contribution is 0.00277. The van der Waals surface area contributed by atoms with Gasteiger partial charge in [-0.2, -0.15) is 0 Å². The van der Waals surface area contributed by atoms with Crippen LogP contribution in [0.25, 0.3) is 0 Å². The Bertz CT molecular complexity index is 455. The number of nitrogens with zero attached hydrogens (tertiary/aromatic N) is 1. The summed E-state index contributed by atoms with van der Waals surface area (Å²) >= 11 is 0. The quantitative estimate of drug-likeness (QED) is 0.840. The van der Waals surface area contributed by atoms with Crippen molar-refractivity contribution in [2.24, 2.45) is 5.92 Å². The Morgan fingerprint density at radius 3 is 2.30 bits per heavy atom. The summed E-state index contributed by atoms with van der Waals surface area (Å²) in [4.78, 5) is 13.8. The molecule has 0 bridgehead atoms. The average molecular weight is 306 g/mol. The molecule has 118 valence electrons. The highest BCUT2D eigenvalue weighted by Gasteiger charge is 2.38. The van der Waals surface area contributed by atoms with Gasteiger partial charge in [-0.3, -0.25) is 0 Å².